The number of anilines is 1. The second-order valence-electron chi connectivity index (χ2n) is 3.57. The molecule has 2 aromatic rings. The van der Waals surface area contributed by atoms with Gasteiger partial charge in [-0.3, -0.25) is 20.3 Å². The summed E-state index contributed by atoms with van der Waals surface area (Å²) in [5, 5.41) is 21.7. The molecule has 0 aliphatic carbocycles. The molecule has 4 N–H and O–H groups in total. The van der Waals surface area contributed by atoms with Gasteiger partial charge in [-0.25, -0.2) is 9.59 Å². The summed E-state index contributed by atoms with van der Waals surface area (Å²) in [6, 6.07) is 0. The first-order valence-corrected chi connectivity index (χ1v) is 5.55. The van der Waals surface area contributed by atoms with Gasteiger partial charge in [0.15, 0.2) is 5.69 Å². The van der Waals surface area contributed by atoms with Crippen LogP contribution in [-0.2, 0) is 9.47 Å². The van der Waals surface area contributed by atoms with Crippen LogP contribution in [0.2, 0.25) is 0 Å². The third kappa shape index (κ3) is 3.78. The number of nitrogens with one attached hydrogen (secondary N) is 2. The molecule has 0 fully saturated rings. The normalized spacial score (nSPS) is 9.36. The second kappa shape index (κ2) is 7.37. The highest BCUT2D eigenvalue weighted by Crippen LogP contribution is 2.14. The lowest BCUT2D eigenvalue weighted by molar-refractivity contribution is -0.385. The number of nitro groups is 1. The smallest absolute Gasteiger partial charge is 0.363 e. The Morgan fingerprint density at radius 3 is 2.09 bits per heavy atom. The Bertz CT molecular complexity index is 677. The van der Waals surface area contributed by atoms with Gasteiger partial charge in [0.2, 0.25) is 5.69 Å². The summed E-state index contributed by atoms with van der Waals surface area (Å²) in [7, 11) is 2.41. The number of methoxy groups -OCH3 is 2. The quantitative estimate of drug-likeness (QED) is 0.395. The van der Waals surface area contributed by atoms with Crippen LogP contribution >= 0.6 is 0 Å². The molecule has 0 atom stereocenters. The van der Waals surface area contributed by atoms with Crippen LogP contribution in [0.15, 0.2) is 12.4 Å². The largest absolute Gasteiger partial charge is 0.464 e. The molecule has 0 aromatic carbocycles. The molecule has 2 aromatic heterocycles. The molecule has 0 aliphatic rings. The van der Waals surface area contributed by atoms with E-state index in [1.54, 1.807) is 0 Å². The van der Waals surface area contributed by atoms with Gasteiger partial charge in [-0.15, -0.1) is 0 Å². The number of nitrogens with two attached hydrogens (primary N) is 1. The molecule has 118 valence electrons. The van der Waals surface area contributed by atoms with E-state index in [0.29, 0.717) is 5.69 Å². The standard InChI is InChI=1S/C5H5N3O4.C5H7N3O2/c1-12-5(9)4-3(8(10)11)2-6-7-4;1-10-5(9)4-3(6)2-7-8-4/h2H,1H3,(H,6,7);2H,6H2,1H3,(H,7,8). The Balaban J connectivity index is 0.000000224. The van der Waals surface area contributed by atoms with Crippen molar-refractivity contribution >= 4 is 23.3 Å². The van der Waals surface area contributed by atoms with E-state index in [4.69, 9.17) is 5.73 Å². The van der Waals surface area contributed by atoms with Gasteiger partial charge in [-0.1, -0.05) is 0 Å². The summed E-state index contributed by atoms with van der Waals surface area (Å²) < 4.78 is 8.66. The zero-order valence-electron chi connectivity index (χ0n) is 11.5. The minimum atomic E-state index is -0.806. The third-order valence-corrected chi connectivity index (χ3v) is 2.26. The number of rotatable bonds is 3. The number of aromatic amines is 2. The van der Waals surface area contributed by atoms with Crippen molar-refractivity contribution < 1.29 is 24.0 Å². The number of carbonyl (C=O) groups excluding carboxylic acids is 2. The van der Waals surface area contributed by atoms with Gasteiger partial charge in [0.1, 0.15) is 6.20 Å². The fraction of sp³-hybridized carbons (Fsp3) is 0.200. The van der Waals surface area contributed by atoms with E-state index < -0.39 is 16.9 Å². The third-order valence-electron chi connectivity index (χ3n) is 2.26. The highest BCUT2D eigenvalue weighted by Gasteiger charge is 2.22. The van der Waals surface area contributed by atoms with Crippen LogP contribution in [0, 0.1) is 10.1 Å². The van der Waals surface area contributed by atoms with E-state index in [-0.39, 0.29) is 17.1 Å². The van der Waals surface area contributed by atoms with Gasteiger partial charge in [-0.2, -0.15) is 10.2 Å². The van der Waals surface area contributed by atoms with Crippen LogP contribution in [0.5, 0.6) is 0 Å². The molecule has 12 nitrogen and oxygen atoms in total. The second-order valence-corrected chi connectivity index (χ2v) is 3.57. The first-order chi connectivity index (χ1) is 10.4. The fourth-order valence-corrected chi connectivity index (χ4v) is 1.23. The van der Waals surface area contributed by atoms with E-state index in [2.05, 4.69) is 29.9 Å². The van der Waals surface area contributed by atoms with Crippen LogP contribution < -0.4 is 5.73 Å². The Kier molecular flexibility index (Phi) is 5.57. The fourth-order valence-electron chi connectivity index (χ4n) is 1.23. The van der Waals surface area contributed by atoms with E-state index in [1.165, 1.54) is 13.3 Å². The van der Waals surface area contributed by atoms with Crippen LogP contribution in [0.4, 0.5) is 11.4 Å². The maximum Gasteiger partial charge on any atom is 0.363 e. The van der Waals surface area contributed by atoms with Gasteiger partial charge >= 0.3 is 17.6 Å². The molecular formula is C10H12N6O6. The first kappa shape index (κ1) is 16.6. The summed E-state index contributed by atoms with van der Waals surface area (Å²) >= 11 is 0. The Hall–Kier alpha value is -3.44. The number of nitrogens with zero attached hydrogens (tertiary/aromatic N) is 3. The Labute approximate surface area is 122 Å². The molecule has 0 spiro atoms. The molecule has 12 heteroatoms. The molecule has 22 heavy (non-hydrogen) atoms. The van der Waals surface area contributed by atoms with Gasteiger partial charge in [0, 0.05) is 0 Å². The number of carbonyl (C=O) groups is 2. The van der Waals surface area contributed by atoms with Crippen molar-refractivity contribution in [2.45, 2.75) is 0 Å². The lowest BCUT2D eigenvalue weighted by Crippen LogP contribution is -2.04. The van der Waals surface area contributed by atoms with E-state index in [0.717, 1.165) is 13.3 Å². The molecule has 0 aliphatic heterocycles. The number of hydrogen-bond acceptors (Lipinski definition) is 9. The number of nitrogen functional groups attached to an aromatic ring is 1. The summed E-state index contributed by atoms with van der Waals surface area (Å²) in [4.78, 5) is 31.1. The van der Waals surface area contributed by atoms with E-state index in [1.807, 2.05) is 0 Å². The molecule has 0 unspecified atom stereocenters. The average Bonchev–Trinajstić information content (AvgIpc) is 3.15. The molecule has 0 amide bonds. The number of ether oxygens (including phenoxy) is 2. The number of aromatic nitrogens is 4. The van der Waals surface area contributed by atoms with Crippen molar-refractivity contribution in [3.63, 3.8) is 0 Å². The summed E-state index contributed by atoms with van der Waals surface area (Å²) in [6.07, 6.45) is 2.30. The van der Waals surface area contributed by atoms with Crippen LogP contribution in [0.3, 0.4) is 0 Å². The van der Waals surface area contributed by atoms with Crippen molar-refractivity contribution in [3.05, 3.63) is 33.9 Å². The lowest BCUT2D eigenvalue weighted by atomic mass is 10.4. The topological polar surface area (TPSA) is 179 Å². The molecule has 0 bridgehead atoms. The number of H-pyrrole nitrogens is 2. The summed E-state index contributed by atoms with van der Waals surface area (Å²) in [5.41, 5.74) is 5.18. The SMILES string of the molecule is COC(=O)c1[nH]ncc1N.COC(=O)c1[nH]ncc1[N+](=O)[O-]. The van der Waals surface area contributed by atoms with Gasteiger partial charge in [0.05, 0.1) is 31.0 Å². The highest BCUT2D eigenvalue weighted by atomic mass is 16.6. The zero-order valence-corrected chi connectivity index (χ0v) is 11.5. The maximum absolute atomic E-state index is 10.8. The molecule has 0 radical (unpaired) electrons. The van der Waals surface area contributed by atoms with Crippen LogP contribution in [-0.4, -0.2) is 51.5 Å². The summed E-state index contributed by atoms with van der Waals surface area (Å²) in [5.74, 6) is -1.31. The zero-order chi connectivity index (χ0) is 16.7. The van der Waals surface area contributed by atoms with Crippen molar-refractivity contribution in [1.82, 2.24) is 20.4 Å². The van der Waals surface area contributed by atoms with E-state index >= 15 is 0 Å². The van der Waals surface area contributed by atoms with Crippen molar-refractivity contribution in [1.29, 1.82) is 0 Å². The molecule has 0 saturated carbocycles. The van der Waals surface area contributed by atoms with Crippen LogP contribution in [0.1, 0.15) is 21.0 Å². The van der Waals surface area contributed by atoms with Gasteiger partial charge < -0.3 is 15.2 Å². The lowest BCUT2D eigenvalue weighted by Gasteiger charge is -1.93. The number of hydrogen-bond donors (Lipinski definition) is 3. The Morgan fingerprint density at radius 1 is 1.14 bits per heavy atom. The van der Waals surface area contributed by atoms with Crippen LogP contribution in [0.25, 0.3) is 0 Å². The predicted molar refractivity (Wildman–Crippen MR) is 70.9 cm³/mol. The molecule has 2 heterocycles. The minimum Gasteiger partial charge on any atom is -0.464 e. The van der Waals surface area contributed by atoms with Gasteiger partial charge in [-0.05, 0) is 0 Å². The first-order valence-electron chi connectivity index (χ1n) is 5.55. The van der Waals surface area contributed by atoms with Crippen molar-refractivity contribution in [3.8, 4) is 0 Å². The average molecular weight is 312 g/mol. The van der Waals surface area contributed by atoms with Crippen molar-refractivity contribution in [2.75, 3.05) is 20.0 Å². The molecular weight excluding hydrogens is 300 g/mol. The maximum atomic E-state index is 10.8. The minimum absolute atomic E-state index is 0.197. The van der Waals surface area contributed by atoms with Gasteiger partial charge in [0.25, 0.3) is 0 Å². The monoisotopic (exact) mass is 312 g/mol. The Morgan fingerprint density at radius 2 is 1.64 bits per heavy atom. The van der Waals surface area contributed by atoms with E-state index in [9.17, 15) is 19.7 Å². The molecule has 2 rings (SSSR count). The highest BCUT2D eigenvalue weighted by molar-refractivity contribution is 5.92. The van der Waals surface area contributed by atoms with Crippen molar-refractivity contribution in [2.24, 2.45) is 0 Å². The predicted octanol–water partition coefficient (Wildman–Crippen LogP) is -0.117. The molecule has 0 saturated heterocycles. The summed E-state index contributed by atoms with van der Waals surface area (Å²) in [6.45, 7) is 0. The number of esters is 2.